The Morgan fingerprint density at radius 2 is 1.83 bits per heavy atom. The number of aliphatic hydroxyl groups is 1. The molecule has 0 radical (unpaired) electrons. The lowest BCUT2D eigenvalue weighted by molar-refractivity contribution is -0.0650. The van der Waals surface area contributed by atoms with Crippen LogP contribution in [-0.2, 0) is 9.47 Å². The second kappa shape index (κ2) is 6.40. The topological polar surface area (TPSA) is 38.7 Å². The highest BCUT2D eigenvalue weighted by Crippen LogP contribution is 2.03. The number of rotatable bonds is 6. The Kier molecular flexibility index (Phi) is 6.34. The van der Waals surface area contributed by atoms with Crippen LogP contribution in [0, 0.1) is 0 Å². The highest BCUT2D eigenvalue weighted by molar-refractivity contribution is 4.60. The molecule has 0 aromatic heterocycles. The molecule has 0 spiro atoms. The van der Waals surface area contributed by atoms with Gasteiger partial charge in [-0.2, -0.15) is 0 Å². The minimum absolute atomic E-state index is 0.0381. The first kappa shape index (κ1) is 11.9. The SMILES string of the molecule is CCC(O)COC(C)C(C)OC. The third-order valence-corrected chi connectivity index (χ3v) is 2.06. The molecule has 0 aliphatic carbocycles. The maximum atomic E-state index is 9.20. The molecule has 3 heteroatoms. The van der Waals surface area contributed by atoms with Crippen LogP contribution in [0.5, 0.6) is 0 Å². The van der Waals surface area contributed by atoms with Crippen molar-refractivity contribution in [1.29, 1.82) is 0 Å². The van der Waals surface area contributed by atoms with Crippen molar-refractivity contribution in [3.8, 4) is 0 Å². The van der Waals surface area contributed by atoms with Crippen molar-refractivity contribution in [2.75, 3.05) is 13.7 Å². The first-order valence-corrected chi connectivity index (χ1v) is 4.44. The van der Waals surface area contributed by atoms with Gasteiger partial charge in [0.1, 0.15) is 0 Å². The third-order valence-electron chi connectivity index (χ3n) is 2.06. The lowest BCUT2D eigenvalue weighted by Crippen LogP contribution is -2.28. The molecule has 0 saturated heterocycles. The zero-order valence-corrected chi connectivity index (χ0v) is 8.41. The van der Waals surface area contributed by atoms with Crippen LogP contribution in [0.15, 0.2) is 0 Å². The highest BCUT2D eigenvalue weighted by Gasteiger charge is 2.12. The minimum atomic E-state index is -0.350. The molecule has 1 N–H and O–H groups in total. The van der Waals surface area contributed by atoms with E-state index in [2.05, 4.69) is 0 Å². The first-order valence-electron chi connectivity index (χ1n) is 4.44. The fraction of sp³-hybridized carbons (Fsp3) is 1.00. The number of aliphatic hydroxyl groups excluding tert-OH is 1. The highest BCUT2D eigenvalue weighted by atomic mass is 16.5. The molecule has 0 aliphatic rings. The third kappa shape index (κ3) is 4.70. The number of ether oxygens (including phenoxy) is 2. The molecular formula is C9H20O3. The van der Waals surface area contributed by atoms with E-state index in [9.17, 15) is 5.11 Å². The van der Waals surface area contributed by atoms with Crippen LogP contribution in [0.25, 0.3) is 0 Å². The molecule has 0 amide bonds. The zero-order chi connectivity index (χ0) is 9.56. The van der Waals surface area contributed by atoms with E-state index in [4.69, 9.17) is 9.47 Å². The molecule has 3 atom stereocenters. The summed E-state index contributed by atoms with van der Waals surface area (Å²) < 4.78 is 10.4. The summed E-state index contributed by atoms with van der Waals surface area (Å²) in [7, 11) is 1.65. The molecular weight excluding hydrogens is 156 g/mol. The van der Waals surface area contributed by atoms with E-state index in [1.807, 2.05) is 20.8 Å². The van der Waals surface area contributed by atoms with Gasteiger partial charge in [-0.1, -0.05) is 6.92 Å². The van der Waals surface area contributed by atoms with E-state index >= 15 is 0 Å². The largest absolute Gasteiger partial charge is 0.391 e. The maximum Gasteiger partial charge on any atom is 0.0807 e. The van der Waals surface area contributed by atoms with Crippen LogP contribution < -0.4 is 0 Å². The monoisotopic (exact) mass is 176 g/mol. The second-order valence-electron chi connectivity index (χ2n) is 3.04. The summed E-state index contributed by atoms with van der Waals surface area (Å²) in [5.74, 6) is 0. The van der Waals surface area contributed by atoms with Crippen molar-refractivity contribution in [3.63, 3.8) is 0 Å². The minimum Gasteiger partial charge on any atom is -0.391 e. The van der Waals surface area contributed by atoms with Crippen molar-refractivity contribution in [3.05, 3.63) is 0 Å². The Labute approximate surface area is 74.7 Å². The first-order chi connectivity index (χ1) is 5.61. The molecule has 0 heterocycles. The molecule has 0 bridgehead atoms. The fourth-order valence-corrected chi connectivity index (χ4v) is 0.708. The second-order valence-corrected chi connectivity index (χ2v) is 3.04. The van der Waals surface area contributed by atoms with Gasteiger partial charge in [-0.15, -0.1) is 0 Å². The van der Waals surface area contributed by atoms with Gasteiger partial charge >= 0.3 is 0 Å². The van der Waals surface area contributed by atoms with E-state index in [-0.39, 0.29) is 18.3 Å². The Balaban J connectivity index is 3.49. The van der Waals surface area contributed by atoms with Crippen molar-refractivity contribution in [2.24, 2.45) is 0 Å². The molecule has 12 heavy (non-hydrogen) atoms. The van der Waals surface area contributed by atoms with Gasteiger partial charge in [0.2, 0.25) is 0 Å². The molecule has 0 aliphatic heterocycles. The van der Waals surface area contributed by atoms with Crippen LogP contribution in [-0.4, -0.2) is 37.1 Å². The van der Waals surface area contributed by atoms with Gasteiger partial charge in [-0.05, 0) is 20.3 Å². The number of methoxy groups -OCH3 is 1. The zero-order valence-electron chi connectivity index (χ0n) is 8.41. The van der Waals surface area contributed by atoms with Crippen LogP contribution in [0.4, 0.5) is 0 Å². The van der Waals surface area contributed by atoms with Crippen molar-refractivity contribution < 1.29 is 14.6 Å². The average Bonchev–Trinajstić information content (AvgIpc) is 2.11. The molecule has 0 aromatic rings. The van der Waals surface area contributed by atoms with Crippen LogP contribution >= 0.6 is 0 Å². The summed E-state index contributed by atoms with van der Waals surface area (Å²) in [6, 6.07) is 0. The van der Waals surface area contributed by atoms with E-state index in [0.29, 0.717) is 6.61 Å². The van der Waals surface area contributed by atoms with Crippen molar-refractivity contribution in [1.82, 2.24) is 0 Å². The molecule has 0 saturated carbocycles. The maximum absolute atomic E-state index is 9.20. The van der Waals surface area contributed by atoms with Crippen molar-refractivity contribution >= 4 is 0 Å². The summed E-state index contributed by atoms with van der Waals surface area (Å²) in [6.45, 7) is 6.21. The molecule has 74 valence electrons. The molecule has 0 aromatic carbocycles. The smallest absolute Gasteiger partial charge is 0.0807 e. The quantitative estimate of drug-likeness (QED) is 0.661. The van der Waals surface area contributed by atoms with Gasteiger partial charge in [-0.25, -0.2) is 0 Å². The Morgan fingerprint density at radius 1 is 1.25 bits per heavy atom. The fourth-order valence-electron chi connectivity index (χ4n) is 0.708. The summed E-state index contributed by atoms with van der Waals surface area (Å²) >= 11 is 0. The Morgan fingerprint density at radius 3 is 2.25 bits per heavy atom. The van der Waals surface area contributed by atoms with Crippen LogP contribution in [0.1, 0.15) is 27.2 Å². The normalized spacial score (nSPS) is 18.8. The van der Waals surface area contributed by atoms with Crippen LogP contribution in [0.2, 0.25) is 0 Å². The lowest BCUT2D eigenvalue weighted by atomic mass is 10.2. The standard InChI is InChI=1S/C9H20O3/c1-5-9(10)6-12-8(3)7(2)11-4/h7-10H,5-6H2,1-4H3. The number of hydrogen-bond donors (Lipinski definition) is 1. The van der Waals surface area contributed by atoms with E-state index in [1.165, 1.54) is 0 Å². The summed E-state index contributed by atoms with van der Waals surface area (Å²) in [4.78, 5) is 0. The van der Waals surface area contributed by atoms with Gasteiger partial charge in [0.05, 0.1) is 24.9 Å². The molecule has 3 nitrogen and oxygen atoms in total. The van der Waals surface area contributed by atoms with E-state index < -0.39 is 0 Å². The molecule has 3 unspecified atom stereocenters. The lowest BCUT2D eigenvalue weighted by Gasteiger charge is -2.20. The predicted octanol–water partition coefficient (Wildman–Crippen LogP) is 1.20. The average molecular weight is 176 g/mol. The Bertz CT molecular complexity index is 106. The van der Waals surface area contributed by atoms with Gasteiger partial charge in [0.15, 0.2) is 0 Å². The predicted molar refractivity (Wildman–Crippen MR) is 48.2 cm³/mol. The van der Waals surface area contributed by atoms with Gasteiger partial charge in [-0.3, -0.25) is 0 Å². The Hall–Kier alpha value is -0.120. The van der Waals surface area contributed by atoms with Crippen LogP contribution in [0.3, 0.4) is 0 Å². The molecule has 0 fully saturated rings. The van der Waals surface area contributed by atoms with E-state index in [0.717, 1.165) is 6.42 Å². The summed E-state index contributed by atoms with van der Waals surface area (Å²) in [5, 5.41) is 9.20. The van der Waals surface area contributed by atoms with Gasteiger partial charge in [0.25, 0.3) is 0 Å². The van der Waals surface area contributed by atoms with Crippen molar-refractivity contribution in [2.45, 2.75) is 45.5 Å². The molecule has 0 rings (SSSR count). The number of hydrogen-bond acceptors (Lipinski definition) is 3. The van der Waals surface area contributed by atoms with E-state index in [1.54, 1.807) is 7.11 Å². The van der Waals surface area contributed by atoms with Gasteiger partial charge in [0, 0.05) is 7.11 Å². The summed E-state index contributed by atoms with van der Waals surface area (Å²) in [6.07, 6.45) is 0.496. The summed E-state index contributed by atoms with van der Waals surface area (Å²) in [5.41, 5.74) is 0. The van der Waals surface area contributed by atoms with Gasteiger partial charge < -0.3 is 14.6 Å².